The molecule has 0 saturated carbocycles. The van der Waals surface area contributed by atoms with Gasteiger partial charge in [-0.3, -0.25) is 0 Å². The molecule has 9 aromatic rings. The van der Waals surface area contributed by atoms with E-state index < -0.39 is 0 Å². The van der Waals surface area contributed by atoms with Crippen LogP contribution in [0.1, 0.15) is 0 Å². The number of nitrogens with zero attached hydrogens (tertiary/aromatic N) is 4. The molecular weight excluding hydrogens is 585 g/mol. The van der Waals surface area contributed by atoms with Crippen molar-refractivity contribution in [1.82, 2.24) is 19.9 Å². The Morgan fingerprint density at radius 2 is 0.957 bits per heavy atom. The monoisotopic (exact) mass is 608 g/mol. The van der Waals surface area contributed by atoms with Gasteiger partial charge >= 0.3 is 0 Å². The Morgan fingerprint density at radius 3 is 1.59 bits per heavy atom. The topological polar surface area (TPSA) is 64.7 Å². The highest BCUT2D eigenvalue weighted by Gasteiger charge is 2.20. The van der Waals surface area contributed by atoms with E-state index in [-0.39, 0.29) is 0 Å². The minimum atomic E-state index is 0.562. The Bertz CT molecular complexity index is 2470. The standard InChI is InChI=1S/C40H24N4OS/c1-4-12-25(13-5-1)28-22-23-34-33(24-28)41-40(46-34)32-21-11-19-30-29-18-10-20-31(35(29)45-36(30)32)39-43-37(26-14-6-2-7-15-26)42-38(44-39)27-16-8-3-9-17-27/h1-24H. The van der Waals surface area contributed by atoms with E-state index in [0.29, 0.717) is 17.5 Å². The number of furan rings is 1. The van der Waals surface area contributed by atoms with Crippen molar-refractivity contribution in [3.63, 3.8) is 0 Å². The average molecular weight is 609 g/mol. The molecule has 0 aliphatic heterocycles. The maximum Gasteiger partial charge on any atom is 0.167 e. The van der Waals surface area contributed by atoms with E-state index in [0.717, 1.165) is 65.0 Å². The van der Waals surface area contributed by atoms with Crippen LogP contribution in [0.3, 0.4) is 0 Å². The van der Waals surface area contributed by atoms with Gasteiger partial charge in [0.25, 0.3) is 0 Å². The average Bonchev–Trinajstić information content (AvgIpc) is 3.74. The highest BCUT2D eigenvalue weighted by atomic mass is 32.1. The van der Waals surface area contributed by atoms with Crippen LogP contribution in [0.15, 0.2) is 150 Å². The molecule has 0 aliphatic rings. The molecule has 0 amide bonds. The highest BCUT2D eigenvalue weighted by molar-refractivity contribution is 7.21. The lowest BCUT2D eigenvalue weighted by Gasteiger charge is -2.08. The molecule has 0 fully saturated rings. The van der Waals surface area contributed by atoms with Crippen LogP contribution in [0.2, 0.25) is 0 Å². The second kappa shape index (κ2) is 10.9. The Morgan fingerprint density at radius 1 is 0.413 bits per heavy atom. The highest BCUT2D eigenvalue weighted by Crippen LogP contribution is 2.41. The maximum atomic E-state index is 6.77. The summed E-state index contributed by atoms with van der Waals surface area (Å²) >= 11 is 1.67. The summed E-state index contributed by atoms with van der Waals surface area (Å²) in [5, 5.41) is 2.95. The molecule has 216 valence electrons. The van der Waals surface area contributed by atoms with Gasteiger partial charge in [0.15, 0.2) is 17.5 Å². The molecule has 9 rings (SSSR count). The third kappa shape index (κ3) is 4.55. The molecule has 0 aliphatic carbocycles. The van der Waals surface area contributed by atoms with Crippen molar-refractivity contribution in [2.24, 2.45) is 0 Å². The fraction of sp³-hybridized carbons (Fsp3) is 0. The third-order valence-corrected chi connectivity index (χ3v) is 9.26. The Labute approximate surface area is 268 Å². The molecule has 3 heterocycles. The number of hydrogen-bond donors (Lipinski definition) is 0. The Hall–Kier alpha value is -5.98. The van der Waals surface area contributed by atoms with Gasteiger partial charge in [-0.05, 0) is 35.4 Å². The lowest BCUT2D eigenvalue weighted by Crippen LogP contribution is -2.00. The summed E-state index contributed by atoms with van der Waals surface area (Å²) in [6, 6.07) is 49.3. The molecule has 0 unspecified atom stereocenters. The minimum absolute atomic E-state index is 0.562. The summed E-state index contributed by atoms with van der Waals surface area (Å²) in [4.78, 5) is 19.9. The lowest BCUT2D eigenvalue weighted by atomic mass is 10.1. The normalized spacial score (nSPS) is 11.5. The van der Waals surface area contributed by atoms with Crippen LogP contribution in [0, 0.1) is 0 Å². The smallest absolute Gasteiger partial charge is 0.167 e. The van der Waals surface area contributed by atoms with Crippen molar-refractivity contribution >= 4 is 43.5 Å². The van der Waals surface area contributed by atoms with Gasteiger partial charge in [0, 0.05) is 21.9 Å². The molecular formula is C40H24N4OS. The first kappa shape index (κ1) is 26.4. The number of benzene rings is 6. The van der Waals surface area contributed by atoms with Crippen molar-refractivity contribution < 1.29 is 4.42 Å². The second-order valence-corrected chi connectivity index (χ2v) is 12.1. The summed E-state index contributed by atoms with van der Waals surface area (Å²) in [6.07, 6.45) is 0. The summed E-state index contributed by atoms with van der Waals surface area (Å²) in [5.41, 5.74) is 8.47. The van der Waals surface area contributed by atoms with E-state index in [2.05, 4.69) is 66.7 Å². The zero-order valence-electron chi connectivity index (χ0n) is 24.5. The molecule has 0 atom stereocenters. The summed E-state index contributed by atoms with van der Waals surface area (Å²) in [6.45, 7) is 0. The first-order valence-electron chi connectivity index (χ1n) is 15.1. The van der Waals surface area contributed by atoms with Gasteiger partial charge in [-0.15, -0.1) is 11.3 Å². The van der Waals surface area contributed by atoms with Gasteiger partial charge in [-0.2, -0.15) is 0 Å². The van der Waals surface area contributed by atoms with E-state index in [4.69, 9.17) is 24.4 Å². The number of thiazole rings is 1. The summed E-state index contributed by atoms with van der Waals surface area (Å²) in [7, 11) is 0. The van der Waals surface area contributed by atoms with E-state index in [1.165, 1.54) is 5.56 Å². The largest absolute Gasteiger partial charge is 0.455 e. The molecule has 0 N–H and O–H groups in total. The fourth-order valence-corrected chi connectivity index (χ4v) is 6.91. The number of rotatable bonds is 5. The Balaban J connectivity index is 1.21. The number of hydrogen-bond acceptors (Lipinski definition) is 6. The van der Waals surface area contributed by atoms with E-state index in [9.17, 15) is 0 Å². The van der Waals surface area contributed by atoms with Crippen LogP contribution in [-0.4, -0.2) is 19.9 Å². The molecule has 6 aromatic carbocycles. The predicted octanol–water partition coefficient (Wildman–Crippen LogP) is 10.7. The van der Waals surface area contributed by atoms with E-state index >= 15 is 0 Å². The molecule has 0 spiro atoms. The molecule has 5 nitrogen and oxygen atoms in total. The van der Waals surface area contributed by atoms with Crippen molar-refractivity contribution in [2.45, 2.75) is 0 Å². The predicted molar refractivity (Wildman–Crippen MR) is 187 cm³/mol. The molecule has 0 saturated heterocycles. The summed E-state index contributed by atoms with van der Waals surface area (Å²) in [5.74, 6) is 1.79. The fourth-order valence-electron chi connectivity index (χ4n) is 5.95. The zero-order valence-corrected chi connectivity index (χ0v) is 25.3. The quantitative estimate of drug-likeness (QED) is 0.194. The molecule has 46 heavy (non-hydrogen) atoms. The van der Waals surface area contributed by atoms with Crippen molar-refractivity contribution in [3.8, 4) is 55.9 Å². The lowest BCUT2D eigenvalue weighted by molar-refractivity contribution is 0.670. The molecule has 6 heteroatoms. The summed E-state index contributed by atoms with van der Waals surface area (Å²) < 4.78 is 7.90. The van der Waals surface area contributed by atoms with Crippen LogP contribution in [-0.2, 0) is 0 Å². The van der Waals surface area contributed by atoms with Crippen LogP contribution in [0.4, 0.5) is 0 Å². The van der Waals surface area contributed by atoms with Gasteiger partial charge < -0.3 is 4.42 Å². The van der Waals surface area contributed by atoms with Crippen LogP contribution in [0.5, 0.6) is 0 Å². The van der Waals surface area contributed by atoms with Gasteiger partial charge in [-0.1, -0.05) is 121 Å². The number of para-hydroxylation sites is 2. The SMILES string of the molecule is c1ccc(-c2ccc3sc(-c4cccc5c4oc4c(-c6nc(-c7ccccc7)nc(-c7ccccc7)n6)cccc45)nc3c2)cc1. The van der Waals surface area contributed by atoms with Gasteiger partial charge in [-0.25, -0.2) is 19.9 Å². The van der Waals surface area contributed by atoms with Gasteiger partial charge in [0.05, 0.1) is 21.3 Å². The van der Waals surface area contributed by atoms with Crippen molar-refractivity contribution in [2.75, 3.05) is 0 Å². The molecule has 0 radical (unpaired) electrons. The first-order chi connectivity index (χ1) is 22.8. The number of fused-ring (bicyclic) bond motifs is 4. The Kier molecular flexibility index (Phi) is 6.25. The van der Waals surface area contributed by atoms with Crippen LogP contribution < -0.4 is 0 Å². The van der Waals surface area contributed by atoms with Crippen molar-refractivity contribution in [1.29, 1.82) is 0 Å². The molecule has 0 bridgehead atoms. The first-order valence-corrected chi connectivity index (χ1v) is 15.9. The molecule has 3 aromatic heterocycles. The van der Waals surface area contributed by atoms with Crippen LogP contribution in [0.25, 0.3) is 88.0 Å². The number of aromatic nitrogens is 4. The zero-order chi connectivity index (χ0) is 30.5. The van der Waals surface area contributed by atoms with Crippen LogP contribution >= 0.6 is 11.3 Å². The minimum Gasteiger partial charge on any atom is -0.455 e. The van der Waals surface area contributed by atoms with E-state index in [1.807, 2.05) is 78.9 Å². The third-order valence-electron chi connectivity index (χ3n) is 8.19. The maximum absolute atomic E-state index is 6.77. The van der Waals surface area contributed by atoms with Gasteiger partial charge in [0.2, 0.25) is 0 Å². The van der Waals surface area contributed by atoms with E-state index in [1.54, 1.807) is 11.3 Å². The second-order valence-electron chi connectivity index (χ2n) is 11.1. The van der Waals surface area contributed by atoms with Gasteiger partial charge in [0.1, 0.15) is 16.2 Å². The van der Waals surface area contributed by atoms with Crippen molar-refractivity contribution in [3.05, 3.63) is 146 Å².